The lowest BCUT2D eigenvalue weighted by molar-refractivity contribution is -0.166. The molecule has 1 aliphatic rings. The zero-order chi connectivity index (χ0) is 25.4. The van der Waals surface area contributed by atoms with Crippen LogP contribution in [0.2, 0.25) is 0 Å². The molecule has 3 heterocycles. The monoisotopic (exact) mass is 489 g/mol. The number of nitrogens with two attached hydrogens (primary N) is 1. The zero-order valence-corrected chi connectivity index (χ0v) is 20.2. The van der Waals surface area contributed by atoms with E-state index in [1.807, 2.05) is 13.8 Å². The lowest BCUT2D eigenvalue weighted by atomic mass is 9.98. The van der Waals surface area contributed by atoms with E-state index in [0.29, 0.717) is 12.8 Å². The number of anilines is 1. The highest BCUT2D eigenvalue weighted by Gasteiger charge is 2.52. The van der Waals surface area contributed by atoms with Crippen LogP contribution < -0.4 is 5.73 Å². The number of nitrogens with zero attached hydrogens (tertiary/aromatic N) is 4. The van der Waals surface area contributed by atoms with Gasteiger partial charge in [0.05, 0.1) is 6.33 Å². The average Bonchev–Trinajstić information content (AvgIpc) is 3.40. The molecule has 2 aromatic rings. The van der Waals surface area contributed by atoms with Crippen LogP contribution in [0.5, 0.6) is 0 Å². The molecule has 3 atom stereocenters. The third kappa shape index (κ3) is 6.25. The minimum Gasteiger partial charge on any atom is -0.461 e. The number of halogens is 1. The van der Waals surface area contributed by atoms with Crippen molar-refractivity contribution in [2.24, 2.45) is 0 Å². The molecule has 0 unspecified atom stereocenters. The Kier molecular flexibility index (Phi) is 8.98. The fourth-order valence-electron chi connectivity index (χ4n) is 3.99. The lowest BCUT2D eigenvalue weighted by Gasteiger charge is -2.28. The average molecular weight is 490 g/mol. The van der Waals surface area contributed by atoms with Gasteiger partial charge in [0.1, 0.15) is 18.9 Å². The molecule has 0 radical (unpaired) electrons. The van der Waals surface area contributed by atoms with Gasteiger partial charge in [-0.15, -0.1) is 6.42 Å². The largest absolute Gasteiger partial charge is 0.461 e. The number of carbonyl (C=O) groups is 2. The fraction of sp³-hybridized carbons (Fsp3) is 0.625. The Morgan fingerprint density at radius 3 is 2.57 bits per heavy atom. The molecule has 1 fully saturated rings. The normalized spacial score (nSPS) is 21.7. The number of aromatic nitrogens is 4. The first kappa shape index (κ1) is 26.3. The van der Waals surface area contributed by atoms with Crippen LogP contribution in [0.1, 0.15) is 77.9 Å². The van der Waals surface area contributed by atoms with Crippen LogP contribution in [0.3, 0.4) is 0 Å². The number of rotatable bonds is 12. The number of unbranched alkanes of at least 4 members (excludes halogenated alkanes) is 4. The van der Waals surface area contributed by atoms with Crippen molar-refractivity contribution in [1.82, 2.24) is 19.5 Å². The van der Waals surface area contributed by atoms with E-state index in [1.54, 1.807) is 0 Å². The number of fused-ring (bicyclic) bond motifs is 1. The third-order valence-electron chi connectivity index (χ3n) is 5.95. The van der Waals surface area contributed by atoms with E-state index in [1.165, 1.54) is 10.9 Å². The van der Waals surface area contributed by atoms with Gasteiger partial charge in [-0.3, -0.25) is 14.2 Å². The molecular formula is C24H32FN5O5. The maximum Gasteiger partial charge on any atom is 0.312 e. The van der Waals surface area contributed by atoms with Crippen LogP contribution in [0, 0.1) is 18.4 Å². The molecular weight excluding hydrogens is 457 g/mol. The van der Waals surface area contributed by atoms with Gasteiger partial charge in [0, 0.05) is 19.3 Å². The number of terminal acetylenes is 1. The summed E-state index contributed by atoms with van der Waals surface area (Å²) in [7, 11) is 0. The topological polar surface area (TPSA) is 131 Å². The van der Waals surface area contributed by atoms with E-state index in [4.69, 9.17) is 26.4 Å². The predicted molar refractivity (Wildman–Crippen MR) is 125 cm³/mol. The highest BCUT2D eigenvalue weighted by molar-refractivity contribution is 5.81. The maximum atomic E-state index is 13.9. The van der Waals surface area contributed by atoms with Gasteiger partial charge in [-0.2, -0.15) is 14.4 Å². The van der Waals surface area contributed by atoms with Gasteiger partial charge >= 0.3 is 18.0 Å². The van der Waals surface area contributed by atoms with Crippen molar-refractivity contribution >= 4 is 28.9 Å². The van der Waals surface area contributed by atoms with Gasteiger partial charge in [-0.05, 0) is 12.8 Å². The van der Waals surface area contributed by atoms with Gasteiger partial charge in [0.2, 0.25) is 5.60 Å². The fourth-order valence-corrected chi connectivity index (χ4v) is 3.99. The first-order valence-corrected chi connectivity index (χ1v) is 12.0. The Morgan fingerprint density at radius 1 is 1.23 bits per heavy atom. The second-order valence-electron chi connectivity index (χ2n) is 8.60. The van der Waals surface area contributed by atoms with Crippen molar-refractivity contribution in [2.45, 2.75) is 89.6 Å². The summed E-state index contributed by atoms with van der Waals surface area (Å²) < 4.78 is 32.6. The molecule has 2 aromatic heterocycles. The van der Waals surface area contributed by atoms with Crippen LogP contribution >= 0.6 is 0 Å². The van der Waals surface area contributed by atoms with Gasteiger partial charge < -0.3 is 19.9 Å². The van der Waals surface area contributed by atoms with E-state index < -0.39 is 35.9 Å². The molecule has 190 valence electrons. The molecule has 1 saturated heterocycles. The Bertz CT molecular complexity index is 1080. The highest BCUT2D eigenvalue weighted by atomic mass is 19.1. The van der Waals surface area contributed by atoms with E-state index in [2.05, 4.69) is 20.9 Å². The Labute approximate surface area is 203 Å². The molecule has 0 saturated carbocycles. The molecule has 2 N–H and O–H groups in total. The third-order valence-corrected chi connectivity index (χ3v) is 5.95. The van der Waals surface area contributed by atoms with Gasteiger partial charge in [0.15, 0.2) is 17.0 Å². The summed E-state index contributed by atoms with van der Waals surface area (Å²) in [5.41, 5.74) is 4.54. The minimum atomic E-state index is -1.53. The van der Waals surface area contributed by atoms with Crippen molar-refractivity contribution in [3.8, 4) is 12.3 Å². The summed E-state index contributed by atoms with van der Waals surface area (Å²) >= 11 is 0. The number of nitrogen functional groups attached to an aromatic ring is 1. The number of ether oxygens (including phenoxy) is 3. The Hall–Kier alpha value is -3.26. The summed E-state index contributed by atoms with van der Waals surface area (Å²) in [6, 6.07) is 0. The standard InChI is InChI=1S/C24H32FN5O5/c1-4-7-9-11-18(31)33-14-24(6-3)16(34-19(32)12-10-8-5-2)13-17(35-24)30-15-27-20-21(26)28-23(25)29-22(20)30/h3,15-17H,4-5,7-14H2,1-2H3,(H2,26,28,29)/t16-,17+,24+/m0/s1. The van der Waals surface area contributed by atoms with Crippen molar-refractivity contribution < 1.29 is 28.2 Å². The summed E-state index contributed by atoms with van der Waals surface area (Å²) in [5.74, 6) is 1.59. The quantitative estimate of drug-likeness (QED) is 0.206. The molecule has 11 heteroatoms. The number of esters is 2. The summed E-state index contributed by atoms with van der Waals surface area (Å²) in [6.07, 6.45) is 10.2. The van der Waals surface area contributed by atoms with E-state index >= 15 is 0 Å². The van der Waals surface area contributed by atoms with Gasteiger partial charge in [-0.25, -0.2) is 4.98 Å². The van der Waals surface area contributed by atoms with Gasteiger partial charge in [0.25, 0.3) is 0 Å². The van der Waals surface area contributed by atoms with Gasteiger partial charge in [-0.1, -0.05) is 45.5 Å². The van der Waals surface area contributed by atoms with E-state index in [-0.39, 0.29) is 42.9 Å². The highest BCUT2D eigenvalue weighted by Crippen LogP contribution is 2.40. The first-order valence-electron chi connectivity index (χ1n) is 12.0. The van der Waals surface area contributed by atoms with Crippen LogP contribution in [0.4, 0.5) is 10.2 Å². The summed E-state index contributed by atoms with van der Waals surface area (Å²) in [5, 5.41) is 0. The second kappa shape index (κ2) is 11.9. The first-order chi connectivity index (χ1) is 16.8. The Morgan fingerprint density at radius 2 is 1.91 bits per heavy atom. The summed E-state index contributed by atoms with van der Waals surface area (Å²) in [4.78, 5) is 36.2. The lowest BCUT2D eigenvalue weighted by Crippen LogP contribution is -2.45. The van der Waals surface area contributed by atoms with E-state index in [0.717, 1.165) is 25.7 Å². The molecule has 35 heavy (non-hydrogen) atoms. The molecule has 1 aliphatic heterocycles. The summed E-state index contributed by atoms with van der Waals surface area (Å²) in [6.45, 7) is 3.78. The van der Waals surface area contributed by atoms with Crippen molar-refractivity contribution in [1.29, 1.82) is 0 Å². The molecule has 0 bridgehead atoms. The minimum absolute atomic E-state index is 0.109. The number of carbonyl (C=O) groups excluding carboxylic acids is 2. The van der Waals surface area contributed by atoms with Crippen molar-refractivity contribution in [3.63, 3.8) is 0 Å². The number of hydrogen-bond acceptors (Lipinski definition) is 9. The molecule has 0 aromatic carbocycles. The second-order valence-corrected chi connectivity index (χ2v) is 8.60. The zero-order valence-electron chi connectivity index (χ0n) is 20.2. The molecule has 10 nitrogen and oxygen atoms in total. The molecule has 0 amide bonds. The number of imidazole rings is 1. The smallest absolute Gasteiger partial charge is 0.312 e. The molecule has 3 rings (SSSR count). The van der Waals surface area contributed by atoms with Crippen LogP contribution in [0.25, 0.3) is 11.2 Å². The van der Waals surface area contributed by atoms with Crippen molar-refractivity contribution in [2.75, 3.05) is 12.3 Å². The number of hydrogen-bond donors (Lipinski definition) is 1. The van der Waals surface area contributed by atoms with Crippen LogP contribution in [-0.4, -0.2) is 49.8 Å². The van der Waals surface area contributed by atoms with Crippen molar-refractivity contribution in [3.05, 3.63) is 12.4 Å². The molecule has 0 spiro atoms. The maximum absolute atomic E-state index is 13.9. The predicted octanol–water partition coefficient (Wildman–Crippen LogP) is 3.45. The van der Waals surface area contributed by atoms with E-state index in [9.17, 15) is 14.0 Å². The van der Waals surface area contributed by atoms with Crippen LogP contribution in [0.15, 0.2) is 6.33 Å². The molecule has 0 aliphatic carbocycles. The SMILES string of the molecule is C#C[C@]1(COC(=O)CCCCC)O[C@@H](n2cnc3c(N)nc(F)nc32)C[C@@H]1OC(=O)CCCCC. The van der Waals surface area contributed by atoms with Crippen LogP contribution in [-0.2, 0) is 23.8 Å². The Balaban J connectivity index is 1.83.